The van der Waals surface area contributed by atoms with Gasteiger partial charge in [0.25, 0.3) is 0 Å². The van der Waals surface area contributed by atoms with E-state index in [4.69, 9.17) is 4.74 Å². The molecular weight excluding hydrogens is 312 g/mol. The van der Waals surface area contributed by atoms with E-state index >= 15 is 0 Å². The third kappa shape index (κ3) is 1.70. The number of H-pyrrole nitrogens is 1. The van der Waals surface area contributed by atoms with E-state index in [2.05, 4.69) is 37.9 Å². The fourth-order valence-corrected chi connectivity index (χ4v) is 5.74. The molecule has 25 heavy (non-hydrogen) atoms. The van der Waals surface area contributed by atoms with Gasteiger partial charge in [-0.2, -0.15) is 0 Å². The van der Waals surface area contributed by atoms with Gasteiger partial charge in [0.2, 0.25) is 0 Å². The maximum absolute atomic E-state index is 12.9. The molecular formula is C21H26N2O2. The summed E-state index contributed by atoms with van der Waals surface area (Å²) in [5.74, 6) is 0. The molecule has 1 saturated heterocycles. The van der Waals surface area contributed by atoms with Crippen LogP contribution >= 0.6 is 0 Å². The molecule has 5 rings (SSSR count). The van der Waals surface area contributed by atoms with Crippen LogP contribution in [-0.4, -0.2) is 28.1 Å². The molecule has 0 radical (unpaired) electrons. The molecule has 0 bridgehead atoms. The predicted octanol–water partition coefficient (Wildman–Crippen LogP) is 4.71. The van der Waals surface area contributed by atoms with Crippen LogP contribution in [0.2, 0.25) is 0 Å². The average molecular weight is 338 g/mol. The zero-order valence-electron chi connectivity index (χ0n) is 15.4. The van der Waals surface area contributed by atoms with Crippen LogP contribution < -0.4 is 0 Å². The molecule has 1 spiro atoms. The van der Waals surface area contributed by atoms with Gasteiger partial charge in [-0.1, -0.05) is 18.6 Å². The molecule has 2 aromatic rings. The molecule has 1 atom stereocenters. The number of benzene rings is 1. The number of carbonyl (C=O) groups is 1. The molecule has 2 fully saturated rings. The number of ether oxygens (including phenoxy) is 1. The summed E-state index contributed by atoms with van der Waals surface area (Å²) in [6.07, 6.45) is 6.25. The van der Waals surface area contributed by atoms with Gasteiger partial charge in [0.05, 0.1) is 0 Å². The second kappa shape index (κ2) is 4.80. The van der Waals surface area contributed by atoms with Gasteiger partial charge < -0.3 is 9.72 Å². The van der Waals surface area contributed by atoms with Crippen molar-refractivity contribution < 1.29 is 9.53 Å². The molecule has 132 valence electrons. The highest BCUT2D eigenvalue weighted by Gasteiger charge is 2.64. The minimum Gasteiger partial charge on any atom is -0.440 e. The number of nitrogens with zero attached hydrogens (tertiary/aromatic N) is 1. The van der Waals surface area contributed by atoms with E-state index in [-0.39, 0.29) is 17.2 Å². The van der Waals surface area contributed by atoms with Gasteiger partial charge in [-0.25, -0.2) is 4.79 Å². The quantitative estimate of drug-likeness (QED) is 0.756. The third-order valence-corrected chi connectivity index (χ3v) is 7.18. The highest BCUT2D eigenvalue weighted by atomic mass is 16.6. The molecule has 3 heterocycles. The van der Waals surface area contributed by atoms with Gasteiger partial charge >= 0.3 is 6.09 Å². The second-order valence-electron chi connectivity index (χ2n) is 8.31. The van der Waals surface area contributed by atoms with Crippen LogP contribution in [0.15, 0.2) is 12.1 Å². The van der Waals surface area contributed by atoms with E-state index in [9.17, 15) is 4.79 Å². The molecule has 4 nitrogen and oxygen atoms in total. The molecule has 1 aromatic carbocycles. The average Bonchev–Trinajstić information content (AvgIpc) is 2.95. The Morgan fingerprint density at radius 2 is 1.92 bits per heavy atom. The van der Waals surface area contributed by atoms with Crippen molar-refractivity contribution in [3.05, 3.63) is 34.5 Å². The van der Waals surface area contributed by atoms with E-state index in [1.54, 1.807) is 0 Å². The summed E-state index contributed by atoms with van der Waals surface area (Å²) >= 11 is 0. The van der Waals surface area contributed by atoms with Crippen molar-refractivity contribution in [1.29, 1.82) is 0 Å². The second-order valence-corrected chi connectivity index (χ2v) is 8.31. The molecule has 3 aliphatic rings. The number of fused-ring (bicyclic) bond motifs is 3. The van der Waals surface area contributed by atoms with Crippen LogP contribution in [-0.2, 0) is 16.7 Å². The predicted molar refractivity (Wildman–Crippen MR) is 97.8 cm³/mol. The fourth-order valence-electron chi connectivity index (χ4n) is 5.74. The number of carbonyl (C=O) groups excluding carboxylic acids is 1. The lowest BCUT2D eigenvalue weighted by Gasteiger charge is -2.46. The third-order valence-electron chi connectivity index (χ3n) is 7.18. The van der Waals surface area contributed by atoms with Crippen molar-refractivity contribution in [1.82, 2.24) is 9.88 Å². The van der Waals surface area contributed by atoms with Gasteiger partial charge in [-0.05, 0) is 69.6 Å². The molecule has 1 amide bonds. The SMILES string of the molecule is Cc1[nH]c2c(C)ccc3c2c1CCN1C(=O)OC2(CCCCC2)[C@@]31C. The molecule has 1 N–H and O–H groups in total. The summed E-state index contributed by atoms with van der Waals surface area (Å²) in [6.45, 7) is 7.31. The highest BCUT2D eigenvalue weighted by molar-refractivity contribution is 5.93. The molecule has 1 saturated carbocycles. The number of hydrogen-bond acceptors (Lipinski definition) is 2. The van der Waals surface area contributed by atoms with E-state index in [0.29, 0.717) is 0 Å². The molecule has 1 aromatic heterocycles. The monoisotopic (exact) mass is 338 g/mol. The van der Waals surface area contributed by atoms with Crippen LogP contribution in [0.3, 0.4) is 0 Å². The van der Waals surface area contributed by atoms with Crippen molar-refractivity contribution in [2.24, 2.45) is 0 Å². The van der Waals surface area contributed by atoms with E-state index in [0.717, 1.165) is 38.6 Å². The maximum Gasteiger partial charge on any atom is 0.411 e. The summed E-state index contributed by atoms with van der Waals surface area (Å²) in [5, 5.41) is 1.34. The summed E-state index contributed by atoms with van der Waals surface area (Å²) in [5.41, 5.74) is 5.64. The zero-order chi connectivity index (χ0) is 17.4. The number of hydrogen-bond donors (Lipinski definition) is 1. The maximum atomic E-state index is 12.9. The number of aryl methyl sites for hydroxylation is 2. The highest BCUT2D eigenvalue weighted by Crippen LogP contribution is 2.56. The van der Waals surface area contributed by atoms with Gasteiger partial charge in [-0.15, -0.1) is 0 Å². The first-order valence-electron chi connectivity index (χ1n) is 9.60. The van der Waals surface area contributed by atoms with E-state index in [1.165, 1.54) is 39.7 Å². The van der Waals surface area contributed by atoms with Crippen LogP contribution in [0.5, 0.6) is 0 Å². The normalized spacial score (nSPS) is 27.5. The zero-order valence-corrected chi connectivity index (χ0v) is 15.4. The fraction of sp³-hybridized carbons (Fsp3) is 0.571. The Morgan fingerprint density at radius 1 is 1.16 bits per heavy atom. The Balaban J connectivity index is 1.85. The van der Waals surface area contributed by atoms with Crippen molar-refractivity contribution in [2.45, 2.75) is 70.4 Å². The number of rotatable bonds is 0. The first kappa shape index (κ1) is 15.3. The summed E-state index contributed by atoms with van der Waals surface area (Å²) in [4.78, 5) is 18.5. The number of aromatic nitrogens is 1. The van der Waals surface area contributed by atoms with E-state index < -0.39 is 0 Å². The summed E-state index contributed by atoms with van der Waals surface area (Å²) in [7, 11) is 0. The van der Waals surface area contributed by atoms with Gasteiger partial charge in [0.1, 0.15) is 11.1 Å². The van der Waals surface area contributed by atoms with Crippen LogP contribution in [0.25, 0.3) is 10.9 Å². The van der Waals surface area contributed by atoms with Gasteiger partial charge in [0.15, 0.2) is 0 Å². The minimum absolute atomic E-state index is 0.120. The van der Waals surface area contributed by atoms with Crippen molar-refractivity contribution in [2.75, 3.05) is 6.54 Å². The molecule has 2 aliphatic heterocycles. The van der Waals surface area contributed by atoms with Gasteiger partial charge in [-0.3, -0.25) is 4.90 Å². The van der Waals surface area contributed by atoms with Crippen molar-refractivity contribution in [3.8, 4) is 0 Å². The summed E-state index contributed by atoms with van der Waals surface area (Å²) < 4.78 is 6.16. The Kier molecular flexibility index (Phi) is 2.94. The Labute approximate surface area is 148 Å². The molecule has 4 heteroatoms. The topological polar surface area (TPSA) is 45.3 Å². The number of amides is 1. The smallest absolute Gasteiger partial charge is 0.411 e. The van der Waals surface area contributed by atoms with Crippen molar-refractivity contribution in [3.63, 3.8) is 0 Å². The minimum atomic E-state index is -0.379. The lowest BCUT2D eigenvalue weighted by atomic mass is 9.67. The standard InChI is InChI=1S/C21H26N2O2/c1-13-7-8-16-17-15(14(2)22-18(13)17)9-12-23-19(24)25-21(20(16,23)3)10-5-4-6-11-21/h7-8,22H,4-6,9-12H2,1-3H3/t20-/m1/s1. The molecule has 0 unspecified atom stereocenters. The Hall–Kier alpha value is -1.97. The number of nitrogens with one attached hydrogen (secondary N) is 1. The van der Waals surface area contributed by atoms with Crippen LogP contribution in [0, 0.1) is 13.8 Å². The lowest BCUT2D eigenvalue weighted by molar-refractivity contribution is -0.0399. The Morgan fingerprint density at radius 3 is 2.68 bits per heavy atom. The largest absolute Gasteiger partial charge is 0.440 e. The first-order chi connectivity index (χ1) is 12.0. The number of aromatic amines is 1. The van der Waals surface area contributed by atoms with Crippen LogP contribution in [0.4, 0.5) is 4.79 Å². The van der Waals surface area contributed by atoms with E-state index in [1.807, 2.05) is 4.90 Å². The van der Waals surface area contributed by atoms with Crippen molar-refractivity contribution >= 4 is 17.0 Å². The summed E-state index contributed by atoms with van der Waals surface area (Å²) in [6, 6.07) is 4.45. The first-order valence-corrected chi connectivity index (χ1v) is 9.60. The van der Waals surface area contributed by atoms with Crippen LogP contribution in [0.1, 0.15) is 61.4 Å². The Bertz CT molecular complexity index is 891. The van der Waals surface area contributed by atoms with Gasteiger partial charge in [0, 0.05) is 23.1 Å². The molecule has 1 aliphatic carbocycles. The lowest BCUT2D eigenvalue weighted by Crippen LogP contribution is -2.54.